The normalized spacial score (nSPS) is 11.9. The van der Waals surface area contributed by atoms with Crippen LogP contribution in [0.3, 0.4) is 0 Å². The molecule has 0 radical (unpaired) electrons. The summed E-state index contributed by atoms with van der Waals surface area (Å²) in [6.07, 6.45) is -0.935. The summed E-state index contributed by atoms with van der Waals surface area (Å²) in [6, 6.07) is 0. The third kappa shape index (κ3) is 3.29. The molecule has 58 valence electrons. The zero-order chi connectivity index (χ0) is 8.15. The molecule has 0 N–H and O–H groups in total. The molecule has 0 unspecified atom stereocenters. The van der Waals surface area contributed by atoms with Crippen LogP contribution >= 0.6 is 11.9 Å². The Morgan fingerprint density at radius 1 is 1.50 bits per heavy atom. The van der Waals surface area contributed by atoms with Crippen LogP contribution in [0, 0.1) is 0 Å². The molecule has 0 aliphatic heterocycles. The second-order valence-corrected chi connectivity index (χ2v) is 1.80. The van der Waals surface area contributed by atoms with Crippen molar-refractivity contribution in [2.45, 2.75) is 20.0 Å². The van der Waals surface area contributed by atoms with Gasteiger partial charge in [-0.3, -0.25) is 4.79 Å². The molecule has 0 heterocycles. The standard InChI is InChI=1S/C5H7ClO4/c1-3(5(8)10-6)9-4(2)7/h3H,1-2H3/t3-/m1/s1. The van der Waals surface area contributed by atoms with Gasteiger partial charge in [-0.15, -0.1) is 0 Å². The van der Waals surface area contributed by atoms with Crippen molar-refractivity contribution in [1.29, 1.82) is 0 Å². The Morgan fingerprint density at radius 3 is 2.30 bits per heavy atom. The second kappa shape index (κ2) is 4.11. The number of carbonyl (C=O) groups is 2. The molecular weight excluding hydrogens is 160 g/mol. The van der Waals surface area contributed by atoms with Crippen LogP contribution in [0.25, 0.3) is 0 Å². The molecule has 0 aliphatic rings. The Balaban J connectivity index is 3.72. The van der Waals surface area contributed by atoms with Gasteiger partial charge in [0.1, 0.15) is 11.9 Å². The first-order valence-corrected chi connectivity index (χ1v) is 2.88. The zero-order valence-corrected chi connectivity index (χ0v) is 6.34. The summed E-state index contributed by atoms with van der Waals surface area (Å²) in [5, 5.41) is 0. The lowest BCUT2D eigenvalue weighted by atomic mass is 10.4. The van der Waals surface area contributed by atoms with Crippen molar-refractivity contribution in [3.8, 4) is 0 Å². The molecule has 4 nitrogen and oxygen atoms in total. The lowest BCUT2D eigenvalue weighted by molar-refractivity contribution is -0.159. The minimum Gasteiger partial charge on any atom is -0.451 e. The number of halogens is 1. The molecule has 0 saturated carbocycles. The van der Waals surface area contributed by atoms with E-state index in [1.807, 2.05) is 0 Å². The minimum absolute atomic E-state index is 0.547. The number of hydrogen-bond acceptors (Lipinski definition) is 4. The van der Waals surface area contributed by atoms with Crippen molar-refractivity contribution in [2.75, 3.05) is 0 Å². The Labute approximate surface area is 63.2 Å². The van der Waals surface area contributed by atoms with Gasteiger partial charge in [-0.1, -0.05) is 0 Å². The molecule has 0 spiro atoms. The van der Waals surface area contributed by atoms with E-state index >= 15 is 0 Å². The molecule has 5 heteroatoms. The van der Waals surface area contributed by atoms with E-state index in [4.69, 9.17) is 0 Å². The number of hydrogen-bond donors (Lipinski definition) is 0. The maximum absolute atomic E-state index is 10.4. The van der Waals surface area contributed by atoms with Crippen LogP contribution in [-0.4, -0.2) is 18.0 Å². The van der Waals surface area contributed by atoms with Gasteiger partial charge in [0.2, 0.25) is 0 Å². The van der Waals surface area contributed by atoms with Crippen LogP contribution in [0.1, 0.15) is 13.8 Å². The van der Waals surface area contributed by atoms with Gasteiger partial charge in [0, 0.05) is 6.92 Å². The van der Waals surface area contributed by atoms with Crippen molar-refractivity contribution in [1.82, 2.24) is 0 Å². The van der Waals surface area contributed by atoms with Crippen molar-refractivity contribution in [3.63, 3.8) is 0 Å². The molecule has 0 aromatic carbocycles. The van der Waals surface area contributed by atoms with Crippen molar-refractivity contribution >= 4 is 23.8 Å². The molecular formula is C5H7ClO4. The highest BCUT2D eigenvalue weighted by Gasteiger charge is 2.16. The highest BCUT2D eigenvalue weighted by molar-refractivity contribution is 6.13. The maximum atomic E-state index is 10.4. The van der Waals surface area contributed by atoms with E-state index in [1.54, 1.807) is 0 Å². The first-order valence-electron chi connectivity index (χ1n) is 2.57. The van der Waals surface area contributed by atoms with Gasteiger partial charge < -0.3 is 9.03 Å². The van der Waals surface area contributed by atoms with Gasteiger partial charge in [-0.25, -0.2) is 4.79 Å². The molecule has 0 amide bonds. The van der Waals surface area contributed by atoms with Gasteiger partial charge >= 0.3 is 11.9 Å². The van der Waals surface area contributed by atoms with Gasteiger partial charge in [0.25, 0.3) is 0 Å². The number of rotatable bonds is 2. The smallest absolute Gasteiger partial charge is 0.365 e. The molecule has 0 fully saturated rings. The number of carbonyl (C=O) groups excluding carboxylic acids is 2. The highest BCUT2D eigenvalue weighted by Crippen LogP contribution is 1.96. The van der Waals surface area contributed by atoms with Crippen LogP contribution < -0.4 is 0 Å². The monoisotopic (exact) mass is 166 g/mol. The number of ether oxygens (including phenoxy) is 1. The summed E-state index contributed by atoms with van der Waals surface area (Å²) in [5.74, 6) is -1.33. The Morgan fingerprint density at radius 2 is 2.00 bits per heavy atom. The molecule has 0 rings (SSSR count). The van der Waals surface area contributed by atoms with Gasteiger partial charge in [-0.2, -0.15) is 0 Å². The summed E-state index contributed by atoms with van der Waals surface area (Å²) in [4.78, 5) is 20.6. The fourth-order valence-electron chi connectivity index (χ4n) is 0.360. The third-order valence-corrected chi connectivity index (χ3v) is 0.903. The van der Waals surface area contributed by atoms with E-state index in [1.165, 1.54) is 13.8 Å². The molecule has 0 aromatic heterocycles. The van der Waals surface area contributed by atoms with Gasteiger partial charge in [0.15, 0.2) is 6.10 Å². The molecule has 1 atom stereocenters. The predicted octanol–water partition coefficient (Wildman–Crippen LogP) is 0.635. The lowest BCUT2D eigenvalue weighted by Crippen LogP contribution is -2.22. The maximum Gasteiger partial charge on any atom is 0.365 e. The van der Waals surface area contributed by atoms with E-state index in [0.29, 0.717) is 0 Å². The third-order valence-electron chi connectivity index (χ3n) is 0.751. The Bertz CT molecular complexity index is 145. The topological polar surface area (TPSA) is 52.6 Å². The van der Waals surface area contributed by atoms with Crippen molar-refractivity contribution < 1.29 is 18.6 Å². The predicted molar refractivity (Wildman–Crippen MR) is 33.2 cm³/mol. The van der Waals surface area contributed by atoms with Crippen LogP contribution in [0.15, 0.2) is 0 Å². The first kappa shape index (κ1) is 9.23. The van der Waals surface area contributed by atoms with E-state index in [2.05, 4.69) is 20.9 Å². The fraction of sp³-hybridized carbons (Fsp3) is 0.600. The summed E-state index contributed by atoms with van der Waals surface area (Å²) in [6.45, 7) is 2.56. The molecule has 0 aromatic rings. The largest absolute Gasteiger partial charge is 0.451 e. The van der Waals surface area contributed by atoms with E-state index in [-0.39, 0.29) is 0 Å². The molecule has 0 bridgehead atoms. The second-order valence-electron chi connectivity index (χ2n) is 1.65. The molecule has 0 saturated heterocycles. The highest BCUT2D eigenvalue weighted by atomic mass is 35.5. The average molecular weight is 167 g/mol. The number of esters is 1. The van der Waals surface area contributed by atoms with Gasteiger partial charge in [0.05, 0.1) is 0 Å². The summed E-state index contributed by atoms with van der Waals surface area (Å²) in [5.41, 5.74) is 0. The molecule has 10 heavy (non-hydrogen) atoms. The van der Waals surface area contributed by atoms with Crippen LogP contribution in [0.2, 0.25) is 0 Å². The lowest BCUT2D eigenvalue weighted by Gasteiger charge is -2.05. The Kier molecular flexibility index (Phi) is 3.79. The van der Waals surface area contributed by atoms with E-state index < -0.39 is 18.0 Å². The Hall–Kier alpha value is -0.770. The SMILES string of the molecule is CC(=O)O[C@H](C)C(=O)OCl. The van der Waals surface area contributed by atoms with Crippen molar-refractivity contribution in [2.24, 2.45) is 0 Å². The van der Waals surface area contributed by atoms with E-state index in [0.717, 1.165) is 0 Å². The quantitative estimate of drug-likeness (QED) is 0.565. The first-order chi connectivity index (χ1) is 4.57. The molecule has 0 aliphatic carbocycles. The summed E-state index contributed by atoms with van der Waals surface area (Å²) in [7, 11) is 0. The zero-order valence-electron chi connectivity index (χ0n) is 5.59. The summed E-state index contributed by atoms with van der Waals surface area (Å²) < 4.78 is 8.17. The van der Waals surface area contributed by atoms with Crippen LogP contribution in [0.4, 0.5) is 0 Å². The summed E-state index contributed by atoms with van der Waals surface area (Å²) >= 11 is 4.69. The van der Waals surface area contributed by atoms with Crippen LogP contribution in [-0.2, 0) is 18.6 Å². The minimum atomic E-state index is -0.935. The average Bonchev–Trinajstić information content (AvgIpc) is 1.85. The fourth-order valence-corrected chi connectivity index (χ4v) is 0.485. The van der Waals surface area contributed by atoms with Crippen LogP contribution in [0.5, 0.6) is 0 Å². The van der Waals surface area contributed by atoms with E-state index in [9.17, 15) is 9.59 Å². The van der Waals surface area contributed by atoms with Crippen molar-refractivity contribution in [3.05, 3.63) is 0 Å². The van der Waals surface area contributed by atoms with Gasteiger partial charge in [-0.05, 0) is 6.92 Å².